The van der Waals surface area contributed by atoms with E-state index >= 15 is 0 Å². The zero-order valence-corrected chi connectivity index (χ0v) is 8.57. The monoisotopic (exact) mass is 192 g/mol. The predicted molar refractivity (Wildman–Crippen MR) is 54.8 cm³/mol. The SMILES string of the molecule is C=Cc1nc(C2CCCCC2C)no1. The van der Waals surface area contributed by atoms with Crippen molar-refractivity contribution in [1.29, 1.82) is 0 Å². The summed E-state index contributed by atoms with van der Waals surface area (Å²) in [6, 6.07) is 0. The molecule has 1 fully saturated rings. The van der Waals surface area contributed by atoms with Gasteiger partial charge in [-0.25, -0.2) is 0 Å². The molecule has 0 bridgehead atoms. The normalized spacial score (nSPS) is 27.5. The molecule has 76 valence electrons. The summed E-state index contributed by atoms with van der Waals surface area (Å²) in [4.78, 5) is 4.31. The maximum absolute atomic E-state index is 5.04. The second-order valence-corrected chi connectivity index (χ2v) is 4.06. The van der Waals surface area contributed by atoms with Gasteiger partial charge in [0.2, 0.25) is 5.89 Å². The fourth-order valence-electron chi connectivity index (χ4n) is 2.18. The van der Waals surface area contributed by atoms with Crippen molar-refractivity contribution in [2.45, 2.75) is 38.5 Å². The summed E-state index contributed by atoms with van der Waals surface area (Å²) in [5.41, 5.74) is 0. The van der Waals surface area contributed by atoms with E-state index in [1.54, 1.807) is 6.08 Å². The van der Waals surface area contributed by atoms with Crippen molar-refractivity contribution in [3.8, 4) is 0 Å². The maximum Gasteiger partial charge on any atom is 0.250 e. The fourth-order valence-corrected chi connectivity index (χ4v) is 2.18. The first-order valence-electron chi connectivity index (χ1n) is 5.27. The fraction of sp³-hybridized carbons (Fsp3) is 0.636. The van der Waals surface area contributed by atoms with Crippen LogP contribution in [0.1, 0.15) is 50.2 Å². The van der Waals surface area contributed by atoms with Crippen molar-refractivity contribution in [2.24, 2.45) is 5.92 Å². The van der Waals surface area contributed by atoms with Gasteiger partial charge in [-0.1, -0.05) is 37.9 Å². The molecule has 0 amide bonds. The quantitative estimate of drug-likeness (QED) is 0.723. The van der Waals surface area contributed by atoms with Gasteiger partial charge in [-0.3, -0.25) is 0 Å². The van der Waals surface area contributed by atoms with Gasteiger partial charge in [0.25, 0.3) is 0 Å². The summed E-state index contributed by atoms with van der Waals surface area (Å²) in [6.45, 7) is 5.88. The van der Waals surface area contributed by atoms with Crippen LogP contribution in [0.3, 0.4) is 0 Å². The number of hydrogen-bond acceptors (Lipinski definition) is 3. The summed E-state index contributed by atoms with van der Waals surface area (Å²) in [7, 11) is 0. The van der Waals surface area contributed by atoms with E-state index in [1.807, 2.05) is 0 Å². The highest BCUT2D eigenvalue weighted by Gasteiger charge is 2.26. The average molecular weight is 192 g/mol. The van der Waals surface area contributed by atoms with Crippen LogP contribution in [0.15, 0.2) is 11.1 Å². The highest BCUT2D eigenvalue weighted by atomic mass is 16.5. The predicted octanol–water partition coefficient (Wildman–Crippen LogP) is 3.01. The molecule has 0 spiro atoms. The Balaban J connectivity index is 2.16. The van der Waals surface area contributed by atoms with Crippen molar-refractivity contribution in [3.63, 3.8) is 0 Å². The van der Waals surface area contributed by atoms with Gasteiger partial charge in [0.05, 0.1) is 0 Å². The molecule has 0 radical (unpaired) electrons. The molecule has 2 unspecified atom stereocenters. The van der Waals surface area contributed by atoms with Crippen molar-refractivity contribution in [3.05, 3.63) is 18.3 Å². The first-order chi connectivity index (χ1) is 6.81. The minimum absolute atomic E-state index is 0.487. The van der Waals surface area contributed by atoms with Crippen molar-refractivity contribution >= 4 is 6.08 Å². The Kier molecular flexibility index (Phi) is 2.66. The summed E-state index contributed by atoms with van der Waals surface area (Å²) in [5.74, 6) is 2.57. The Morgan fingerprint density at radius 1 is 1.43 bits per heavy atom. The van der Waals surface area contributed by atoms with E-state index in [0.717, 1.165) is 5.82 Å². The van der Waals surface area contributed by atoms with Crippen molar-refractivity contribution in [2.75, 3.05) is 0 Å². The van der Waals surface area contributed by atoms with E-state index in [0.29, 0.717) is 17.7 Å². The average Bonchev–Trinajstić information content (AvgIpc) is 2.67. The second-order valence-electron chi connectivity index (χ2n) is 4.06. The molecule has 2 atom stereocenters. The highest BCUT2D eigenvalue weighted by Crippen LogP contribution is 2.35. The lowest BCUT2D eigenvalue weighted by Crippen LogP contribution is -2.15. The number of nitrogens with zero attached hydrogens (tertiary/aromatic N) is 2. The Bertz CT molecular complexity index is 319. The van der Waals surface area contributed by atoms with E-state index < -0.39 is 0 Å². The van der Waals surface area contributed by atoms with Crippen LogP contribution < -0.4 is 0 Å². The van der Waals surface area contributed by atoms with E-state index in [4.69, 9.17) is 4.52 Å². The molecule has 1 aromatic rings. The molecule has 0 aromatic carbocycles. The van der Waals surface area contributed by atoms with Gasteiger partial charge >= 0.3 is 0 Å². The van der Waals surface area contributed by atoms with Gasteiger partial charge in [0.1, 0.15) is 0 Å². The number of rotatable bonds is 2. The molecule has 14 heavy (non-hydrogen) atoms. The van der Waals surface area contributed by atoms with Gasteiger partial charge in [-0.05, 0) is 18.4 Å². The maximum atomic E-state index is 5.04. The summed E-state index contributed by atoms with van der Waals surface area (Å²) in [5, 5.41) is 4.00. The highest BCUT2D eigenvalue weighted by molar-refractivity contribution is 5.32. The lowest BCUT2D eigenvalue weighted by atomic mass is 9.80. The minimum Gasteiger partial charge on any atom is -0.335 e. The Morgan fingerprint density at radius 3 is 2.86 bits per heavy atom. The largest absolute Gasteiger partial charge is 0.335 e. The van der Waals surface area contributed by atoms with Gasteiger partial charge in [0, 0.05) is 5.92 Å². The number of hydrogen-bond donors (Lipinski definition) is 0. The van der Waals surface area contributed by atoms with Crippen molar-refractivity contribution < 1.29 is 4.52 Å². The number of aromatic nitrogens is 2. The van der Waals surface area contributed by atoms with Crippen LogP contribution >= 0.6 is 0 Å². The third-order valence-corrected chi connectivity index (χ3v) is 3.08. The van der Waals surface area contributed by atoms with Crippen LogP contribution in [0.4, 0.5) is 0 Å². The molecule has 1 heterocycles. The molecule has 0 N–H and O–H groups in total. The zero-order valence-electron chi connectivity index (χ0n) is 8.57. The van der Waals surface area contributed by atoms with Gasteiger partial charge in [0.15, 0.2) is 5.82 Å². The van der Waals surface area contributed by atoms with E-state index in [-0.39, 0.29) is 0 Å². The topological polar surface area (TPSA) is 38.9 Å². The first kappa shape index (κ1) is 9.44. The standard InChI is InChI=1S/C11H16N2O/c1-3-10-12-11(13-14-10)9-7-5-4-6-8(9)2/h3,8-9H,1,4-7H2,2H3. The summed E-state index contributed by atoms with van der Waals surface area (Å²) < 4.78 is 5.04. The van der Waals surface area contributed by atoms with Crippen molar-refractivity contribution in [1.82, 2.24) is 10.1 Å². The lowest BCUT2D eigenvalue weighted by molar-refractivity contribution is 0.307. The summed E-state index contributed by atoms with van der Waals surface area (Å²) >= 11 is 0. The molecule has 1 aliphatic carbocycles. The molecular weight excluding hydrogens is 176 g/mol. The molecule has 1 aliphatic rings. The van der Waals surface area contributed by atoms with E-state index in [1.165, 1.54) is 25.7 Å². The van der Waals surface area contributed by atoms with Crippen LogP contribution in [-0.4, -0.2) is 10.1 Å². The molecular formula is C11H16N2O. The van der Waals surface area contributed by atoms with E-state index in [2.05, 4.69) is 23.6 Å². The summed E-state index contributed by atoms with van der Waals surface area (Å²) in [6.07, 6.45) is 6.70. The third-order valence-electron chi connectivity index (χ3n) is 3.08. The first-order valence-corrected chi connectivity index (χ1v) is 5.27. The van der Waals surface area contributed by atoms with E-state index in [9.17, 15) is 0 Å². The Labute approximate surface area is 84.2 Å². The smallest absolute Gasteiger partial charge is 0.250 e. The van der Waals surface area contributed by atoms with Crippen LogP contribution in [0, 0.1) is 5.92 Å². The van der Waals surface area contributed by atoms with Crippen LogP contribution in [0.2, 0.25) is 0 Å². The third kappa shape index (κ3) is 1.72. The van der Waals surface area contributed by atoms with Gasteiger partial charge in [-0.2, -0.15) is 4.98 Å². The molecule has 2 rings (SSSR count). The molecule has 0 aliphatic heterocycles. The Morgan fingerprint density at radius 2 is 2.21 bits per heavy atom. The molecule has 1 saturated carbocycles. The molecule has 0 saturated heterocycles. The zero-order chi connectivity index (χ0) is 9.97. The minimum atomic E-state index is 0.487. The second kappa shape index (κ2) is 3.95. The van der Waals surface area contributed by atoms with Gasteiger partial charge in [-0.15, -0.1) is 0 Å². The van der Waals surface area contributed by atoms with Gasteiger partial charge < -0.3 is 4.52 Å². The van der Waals surface area contributed by atoms with Crippen LogP contribution in [0.5, 0.6) is 0 Å². The molecule has 3 heteroatoms. The van der Waals surface area contributed by atoms with Crippen LogP contribution in [0.25, 0.3) is 6.08 Å². The Hall–Kier alpha value is -1.12. The van der Waals surface area contributed by atoms with Crippen LogP contribution in [-0.2, 0) is 0 Å². The molecule has 1 aromatic heterocycles. The molecule has 3 nitrogen and oxygen atoms in total. The lowest BCUT2D eigenvalue weighted by Gasteiger charge is -2.25.